The Kier molecular flexibility index (Phi) is 8.75. The molecule has 1 rings (SSSR count). The lowest BCUT2D eigenvalue weighted by atomic mass is 10.2. The molecule has 17 heavy (non-hydrogen) atoms. The molecule has 96 valence electrons. The van der Waals surface area contributed by atoms with Crippen LogP contribution in [0.25, 0.3) is 0 Å². The Hall–Kier alpha value is -0.0600. The second-order valence-corrected chi connectivity index (χ2v) is 6.00. The van der Waals surface area contributed by atoms with Crippen molar-refractivity contribution in [3.05, 3.63) is 28.5 Å². The van der Waals surface area contributed by atoms with E-state index in [1.807, 2.05) is 24.2 Å². The van der Waals surface area contributed by atoms with E-state index in [2.05, 4.69) is 38.6 Å². The number of thioether (sulfide) groups is 1. The van der Waals surface area contributed by atoms with E-state index in [1.165, 1.54) is 37.0 Å². The molecular formula is C13H21BrN2S. The van der Waals surface area contributed by atoms with Crippen molar-refractivity contribution in [3.8, 4) is 0 Å². The van der Waals surface area contributed by atoms with Crippen LogP contribution < -0.4 is 5.32 Å². The maximum atomic E-state index is 4.14. The van der Waals surface area contributed by atoms with E-state index >= 15 is 0 Å². The highest BCUT2D eigenvalue weighted by molar-refractivity contribution is 9.10. The normalized spacial score (nSPS) is 10.7. The van der Waals surface area contributed by atoms with Crippen molar-refractivity contribution in [1.82, 2.24) is 10.3 Å². The topological polar surface area (TPSA) is 24.9 Å². The number of nitrogens with one attached hydrogen (secondary N) is 1. The first-order valence-corrected chi connectivity index (χ1v) is 8.30. The molecule has 0 radical (unpaired) electrons. The first-order chi connectivity index (χ1) is 8.33. The van der Waals surface area contributed by atoms with Gasteiger partial charge in [-0.1, -0.05) is 12.8 Å². The number of rotatable bonds is 9. The zero-order valence-electron chi connectivity index (χ0n) is 10.4. The fourth-order valence-corrected chi connectivity index (χ4v) is 2.54. The molecule has 4 heteroatoms. The van der Waals surface area contributed by atoms with Crippen molar-refractivity contribution < 1.29 is 0 Å². The molecule has 0 aromatic carbocycles. The molecule has 0 atom stereocenters. The van der Waals surface area contributed by atoms with Gasteiger partial charge in [0.2, 0.25) is 0 Å². The summed E-state index contributed by atoms with van der Waals surface area (Å²) >= 11 is 5.37. The largest absolute Gasteiger partial charge is 0.313 e. The molecule has 0 saturated heterocycles. The van der Waals surface area contributed by atoms with Crippen LogP contribution in [0.15, 0.2) is 22.9 Å². The minimum atomic E-state index is 0.914. The lowest BCUT2D eigenvalue weighted by molar-refractivity contribution is 0.599. The minimum Gasteiger partial charge on any atom is -0.313 e. The molecule has 0 spiro atoms. The fraction of sp³-hybridized carbons (Fsp3) is 0.615. The van der Waals surface area contributed by atoms with Gasteiger partial charge in [0.1, 0.15) is 0 Å². The van der Waals surface area contributed by atoms with Crippen LogP contribution in [0.5, 0.6) is 0 Å². The van der Waals surface area contributed by atoms with E-state index in [-0.39, 0.29) is 0 Å². The lowest BCUT2D eigenvalue weighted by Gasteiger charge is -2.05. The maximum absolute atomic E-state index is 4.14. The van der Waals surface area contributed by atoms with Crippen molar-refractivity contribution >= 4 is 27.7 Å². The van der Waals surface area contributed by atoms with Gasteiger partial charge in [-0.3, -0.25) is 4.98 Å². The third-order valence-corrected chi connectivity index (χ3v) is 3.67. The summed E-state index contributed by atoms with van der Waals surface area (Å²) in [5.74, 6) is 1.30. The maximum Gasteiger partial charge on any atom is 0.0410 e. The van der Waals surface area contributed by atoms with Gasteiger partial charge < -0.3 is 5.32 Å². The summed E-state index contributed by atoms with van der Waals surface area (Å²) in [7, 11) is 0. The predicted molar refractivity (Wildman–Crippen MR) is 80.5 cm³/mol. The molecular weight excluding hydrogens is 296 g/mol. The zero-order chi connectivity index (χ0) is 12.3. The van der Waals surface area contributed by atoms with Crippen LogP contribution in [0.4, 0.5) is 0 Å². The van der Waals surface area contributed by atoms with Gasteiger partial charge in [-0.05, 0) is 59.0 Å². The number of halogens is 1. The zero-order valence-corrected chi connectivity index (χ0v) is 12.8. The van der Waals surface area contributed by atoms with Gasteiger partial charge >= 0.3 is 0 Å². The van der Waals surface area contributed by atoms with Crippen LogP contribution >= 0.6 is 27.7 Å². The van der Waals surface area contributed by atoms with E-state index in [9.17, 15) is 0 Å². The van der Waals surface area contributed by atoms with Crippen molar-refractivity contribution in [2.24, 2.45) is 0 Å². The average Bonchev–Trinajstić information content (AvgIpc) is 2.33. The average molecular weight is 317 g/mol. The molecule has 0 bridgehead atoms. The molecule has 1 N–H and O–H groups in total. The van der Waals surface area contributed by atoms with Gasteiger partial charge in [0.25, 0.3) is 0 Å². The summed E-state index contributed by atoms with van der Waals surface area (Å²) in [5, 5.41) is 3.45. The van der Waals surface area contributed by atoms with Crippen LogP contribution in [-0.2, 0) is 6.54 Å². The first kappa shape index (κ1) is 15.0. The second-order valence-electron chi connectivity index (χ2n) is 4.10. The van der Waals surface area contributed by atoms with Crippen molar-refractivity contribution in [2.45, 2.75) is 32.2 Å². The summed E-state index contributed by atoms with van der Waals surface area (Å²) in [4.78, 5) is 4.14. The molecule has 1 aromatic heterocycles. The van der Waals surface area contributed by atoms with Crippen LogP contribution in [-0.4, -0.2) is 23.5 Å². The summed E-state index contributed by atoms with van der Waals surface area (Å²) in [5.41, 5.74) is 1.24. The van der Waals surface area contributed by atoms with Crippen molar-refractivity contribution in [2.75, 3.05) is 18.6 Å². The van der Waals surface area contributed by atoms with Crippen LogP contribution in [0.1, 0.15) is 31.2 Å². The summed E-state index contributed by atoms with van der Waals surface area (Å²) in [6, 6.07) is 2.11. The fourth-order valence-electron chi connectivity index (χ4n) is 1.64. The predicted octanol–water partition coefficient (Wildman–Crippen LogP) is 3.86. The Morgan fingerprint density at radius 1 is 1.24 bits per heavy atom. The number of nitrogens with zero attached hydrogens (tertiary/aromatic N) is 1. The molecule has 0 unspecified atom stereocenters. The SMILES string of the molecule is CSCCCCCCNCc1cncc(Br)c1. The molecule has 0 saturated carbocycles. The van der Waals surface area contributed by atoms with Crippen LogP contribution in [0.2, 0.25) is 0 Å². The number of aromatic nitrogens is 1. The van der Waals surface area contributed by atoms with Gasteiger partial charge in [0, 0.05) is 23.4 Å². The van der Waals surface area contributed by atoms with Crippen LogP contribution in [0, 0.1) is 0 Å². The number of hydrogen-bond acceptors (Lipinski definition) is 3. The Balaban J connectivity index is 1.97. The molecule has 2 nitrogen and oxygen atoms in total. The molecule has 0 aliphatic carbocycles. The molecule has 0 aliphatic heterocycles. The third kappa shape index (κ3) is 7.79. The summed E-state index contributed by atoms with van der Waals surface area (Å²) < 4.78 is 1.05. The highest BCUT2D eigenvalue weighted by Gasteiger charge is 1.94. The Morgan fingerprint density at radius 2 is 2.06 bits per heavy atom. The molecule has 1 heterocycles. The smallest absolute Gasteiger partial charge is 0.0410 e. The Labute approximate surface area is 117 Å². The first-order valence-electron chi connectivity index (χ1n) is 6.12. The number of unbranched alkanes of at least 4 members (excludes halogenated alkanes) is 3. The van der Waals surface area contributed by atoms with E-state index in [0.717, 1.165) is 17.6 Å². The third-order valence-electron chi connectivity index (χ3n) is 2.54. The van der Waals surface area contributed by atoms with Gasteiger partial charge in [-0.25, -0.2) is 0 Å². The standard InChI is InChI=1S/C13H21BrN2S/c1-17-7-5-3-2-4-6-15-9-12-8-13(14)11-16-10-12/h8,10-11,15H,2-7,9H2,1H3. The van der Waals surface area contributed by atoms with E-state index in [4.69, 9.17) is 0 Å². The van der Waals surface area contributed by atoms with Gasteiger partial charge in [-0.15, -0.1) is 0 Å². The molecule has 1 aromatic rings. The quantitative estimate of drug-likeness (QED) is 0.700. The van der Waals surface area contributed by atoms with E-state index < -0.39 is 0 Å². The minimum absolute atomic E-state index is 0.914. The monoisotopic (exact) mass is 316 g/mol. The Morgan fingerprint density at radius 3 is 2.82 bits per heavy atom. The second kappa shape index (κ2) is 9.92. The summed E-state index contributed by atoms with van der Waals surface area (Å²) in [6.45, 7) is 2.02. The van der Waals surface area contributed by atoms with Gasteiger partial charge in [-0.2, -0.15) is 11.8 Å². The number of hydrogen-bond donors (Lipinski definition) is 1. The summed E-state index contributed by atoms with van der Waals surface area (Å²) in [6.07, 6.45) is 11.2. The highest BCUT2D eigenvalue weighted by atomic mass is 79.9. The molecule has 0 aliphatic rings. The van der Waals surface area contributed by atoms with Gasteiger partial charge in [0.15, 0.2) is 0 Å². The van der Waals surface area contributed by atoms with E-state index in [1.54, 1.807) is 0 Å². The Bertz CT molecular complexity index is 307. The molecule has 0 amide bonds. The molecule has 0 fully saturated rings. The van der Waals surface area contributed by atoms with Crippen molar-refractivity contribution in [1.29, 1.82) is 0 Å². The number of pyridine rings is 1. The lowest BCUT2D eigenvalue weighted by Crippen LogP contribution is -2.14. The van der Waals surface area contributed by atoms with Crippen molar-refractivity contribution in [3.63, 3.8) is 0 Å². The van der Waals surface area contributed by atoms with Crippen LogP contribution in [0.3, 0.4) is 0 Å². The van der Waals surface area contributed by atoms with E-state index in [0.29, 0.717) is 0 Å². The highest BCUT2D eigenvalue weighted by Crippen LogP contribution is 2.09. The van der Waals surface area contributed by atoms with Gasteiger partial charge in [0.05, 0.1) is 0 Å².